The molecule has 2 aromatic carbocycles. The maximum atomic E-state index is 12.4. The molecule has 29 heavy (non-hydrogen) atoms. The Morgan fingerprint density at radius 1 is 1.03 bits per heavy atom. The van der Waals surface area contributed by atoms with Crippen molar-refractivity contribution in [3.05, 3.63) is 65.7 Å². The van der Waals surface area contributed by atoms with Crippen LogP contribution in [0.1, 0.15) is 56.3 Å². The lowest BCUT2D eigenvalue weighted by Crippen LogP contribution is -2.26. The number of benzene rings is 2. The first-order chi connectivity index (χ1) is 14.0. The summed E-state index contributed by atoms with van der Waals surface area (Å²) in [6.45, 7) is 1.76. The average Bonchev–Trinajstić information content (AvgIpc) is 2.78. The van der Waals surface area contributed by atoms with Crippen LogP contribution in [0.25, 0.3) is 0 Å². The Labute approximate surface area is 171 Å². The van der Waals surface area contributed by atoms with Crippen molar-refractivity contribution in [3.63, 3.8) is 0 Å². The Morgan fingerprint density at radius 3 is 2.48 bits per heavy atom. The molecule has 1 aliphatic carbocycles. The lowest BCUT2D eigenvalue weighted by Gasteiger charge is -2.20. The number of rotatable bonds is 6. The highest BCUT2D eigenvalue weighted by Gasteiger charge is 2.21. The lowest BCUT2D eigenvalue weighted by atomic mass is 9.88. The predicted molar refractivity (Wildman–Crippen MR) is 113 cm³/mol. The second-order valence-corrected chi connectivity index (χ2v) is 7.39. The summed E-state index contributed by atoms with van der Waals surface area (Å²) in [4.78, 5) is 24.6. The molecule has 0 aliphatic heterocycles. The van der Waals surface area contributed by atoms with Crippen molar-refractivity contribution in [2.75, 3.05) is 5.32 Å². The molecule has 0 heterocycles. The number of nitrogens with one attached hydrogen (secondary N) is 2. The van der Waals surface area contributed by atoms with Gasteiger partial charge in [-0.1, -0.05) is 61.7 Å². The minimum Gasteiger partial charge on any atom is -0.378 e. The van der Waals surface area contributed by atoms with Crippen LogP contribution in [-0.2, 0) is 9.59 Å². The van der Waals surface area contributed by atoms with Crippen LogP contribution in [0.3, 0.4) is 0 Å². The number of amides is 2. The van der Waals surface area contributed by atoms with Crippen molar-refractivity contribution in [2.45, 2.75) is 45.1 Å². The number of aliphatic hydroxyl groups excluding tert-OH is 1. The number of carbonyl (C=O) groups is 2. The fourth-order valence-corrected chi connectivity index (χ4v) is 3.48. The topological polar surface area (TPSA) is 90.8 Å². The van der Waals surface area contributed by atoms with Crippen molar-refractivity contribution in [1.82, 2.24) is 5.43 Å². The van der Waals surface area contributed by atoms with Gasteiger partial charge in [0, 0.05) is 11.6 Å². The largest absolute Gasteiger partial charge is 0.378 e. The van der Waals surface area contributed by atoms with Gasteiger partial charge in [0.1, 0.15) is 0 Å². The molecule has 0 radical (unpaired) electrons. The lowest BCUT2D eigenvalue weighted by molar-refractivity contribution is -0.129. The van der Waals surface area contributed by atoms with Crippen LogP contribution in [0.4, 0.5) is 5.69 Å². The van der Waals surface area contributed by atoms with E-state index in [1.165, 1.54) is 6.42 Å². The van der Waals surface area contributed by atoms with E-state index in [2.05, 4.69) is 15.8 Å². The Morgan fingerprint density at radius 2 is 1.76 bits per heavy atom. The standard InChI is InChI=1S/C23H27N3O3/c1-16(25-26-23(29)21(27)17-9-4-2-5-10-17)19-13-8-14-20(15-19)24-22(28)18-11-6-3-7-12-18/h2,4-5,8-10,13-15,18,21,27H,3,6-7,11-12H2,1H3,(H,24,28)(H,26,29). The first kappa shape index (κ1) is 20.7. The van der Waals surface area contributed by atoms with Gasteiger partial charge in [0.05, 0.1) is 5.71 Å². The molecule has 0 saturated heterocycles. The SMILES string of the molecule is CC(=NNC(=O)C(O)c1ccccc1)c1cccc(NC(=O)C2CCCCC2)c1. The molecule has 152 valence electrons. The summed E-state index contributed by atoms with van der Waals surface area (Å²) in [7, 11) is 0. The first-order valence-corrected chi connectivity index (χ1v) is 10.0. The molecule has 1 fully saturated rings. The van der Waals surface area contributed by atoms with Crippen LogP contribution in [0.15, 0.2) is 59.7 Å². The molecule has 0 bridgehead atoms. The Bertz CT molecular complexity index is 874. The summed E-state index contributed by atoms with van der Waals surface area (Å²) in [6.07, 6.45) is 4.04. The normalized spacial score (nSPS) is 16.1. The minimum absolute atomic E-state index is 0.0655. The highest BCUT2D eigenvalue weighted by molar-refractivity contribution is 6.01. The van der Waals surface area contributed by atoms with Gasteiger partial charge in [-0.2, -0.15) is 5.10 Å². The first-order valence-electron chi connectivity index (χ1n) is 10.0. The van der Waals surface area contributed by atoms with Crippen molar-refractivity contribution in [1.29, 1.82) is 0 Å². The third-order valence-electron chi connectivity index (χ3n) is 5.22. The van der Waals surface area contributed by atoms with Gasteiger partial charge in [-0.3, -0.25) is 9.59 Å². The summed E-state index contributed by atoms with van der Waals surface area (Å²) in [5.41, 5.74) is 4.97. The van der Waals surface area contributed by atoms with Gasteiger partial charge in [-0.25, -0.2) is 5.43 Å². The van der Waals surface area contributed by atoms with Gasteiger partial charge in [0.25, 0.3) is 5.91 Å². The molecule has 0 aromatic heterocycles. The quantitative estimate of drug-likeness (QED) is 0.515. The van der Waals surface area contributed by atoms with Gasteiger partial charge in [-0.05, 0) is 43.0 Å². The van der Waals surface area contributed by atoms with Gasteiger partial charge in [-0.15, -0.1) is 0 Å². The van der Waals surface area contributed by atoms with Crippen molar-refractivity contribution < 1.29 is 14.7 Å². The number of carbonyl (C=O) groups excluding carboxylic acids is 2. The van der Waals surface area contributed by atoms with E-state index in [0.29, 0.717) is 17.0 Å². The van der Waals surface area contributed by atoms with E-state index in [1.54, 1.807) is 31.2 Å². The van der Waals surface area contributed by atoms with Gasteiger partial charge < -0.3 is 10.4 Å². The van der Waals surface area contributed by atoms with Crippen LogP contribution in [0, 0.1) is 5.92 Å². The highest BCUT2D eigenvalue weighted by Crippen LogP contribution is 2.25. The van der Waals surface area contributed by atoms with E-state index < -0.39 is 12.0 Å². The predicted octanol–water partition coefficient (Wildman–Crippen LogP) is 3.78. The summed E-state index contributed by atoms with van der Waals surface area (Å²) in [5, 5.41) is 17.2. The minimum atomic E-state index is -1.28. The van der Waals surface area contributed by atoms with E-state index in [-0.39, 0.29) is 11.8 Å². The van der Waals surface area contributed by atoms with E-state index >= 15 is 0 Å². The zero-order valence-electron chi connectivity index (χ0n) is 16.6. The number of hydrogen-bond donors (Lipinski definition) is 3. The monoisotopic (exact) mass is 393 g/mol. The molecule has 3 rings (SSSR count). The summed E-state index contributed by atoms with van der Waals surface area (Å²) < 4.78 is 0. The molecule has 1 atom stereocenters. The summed E-state index contributed by atoms with van der Waals surface area (Å²) in [5.74, 6) is -0.450. The van der Waals surface area contributed by atoms with Crippen LogP contribution in [0.5, 0.6) is 0 Å². The second-order valence-electron chi connectivity index (χ2n) is 7.39. The molecule has 1 aliphatic rings. The number of anilines is 1. The molecular formula is C23H27N3O3. The fraction of sp³-hybridized carbons (Fsp3) is 0.348. The number of aliphatic hydroxyl groups is 1. The third kappa shape index (κ3) is 5.74. The number of nitrogens with zero attached hydrogens (tertiary/aromatic N) is 1. The van der Waals surface area contributed by atoms with Crippen LogP contribution >= 0.6 is 0 Å². The fourth-order valence-electron chi connectivity index (χ4n) is 3.48. The van der Waals surface area contributed by atoms with E-state index in [9.17, 15) is 14.7 Å². The van der Waals surface area contributed by atoms with Crippen molar-refractivity contribution >= 4 is 23.2 Å². The second kappa shape index (κ2) is 9.98. The van der Waals surface area contributed by atoms with Crippen LogP contribution in [-0.4, -0.2) is 22.6 Å². The Hall–Kier alpha value is -2.99. The molecule has 6 heteroatoms. The molecule has 2 aromatic rings. The highest BCUT2D eigenvalue weighted by atomic mass is 16.3. The van der Waals surface area contributed by atoms with Crippen LogP contribution in [0.2, 0.25) is 0 Å². The molecule has 6 nitrogen and oxygen atoms in total. The smallest absolute Gasteiger partial charge is 0.273 e. The zero-order valence-corrected chi connectivity index (χ0v) is 16.6. The maximum absolute atomic E-state index is 12.4. The zero-order chi connectivity index (χ0) is 20.6. The van der Waals surface area contributed by atoms with Crippen LogP contribution < -0.4 is 10.7 Å². The molecular weight excluding hydrogens is 366 g/mol. The van der Waals surface area contributed by atoms with Gasteiger partial charge >= 0.3 is 0 Å². The van der Waals surface area contributed by atoms with E-state index in [1.807, 2.05) is 30.3 Å². The number of hydrazone groups is 1. The maximum Gasteiger partial charge on any atom is 0.273 e. The molecule has 3 N–H and O–H groups in total. The summed E-state index contributed by atoms with van der Waals surface area (Å²) in [6, 6.07) is 16.1. The Kier molecular flexibility index (Phi) is 7.14. The number of hydrogen-bond acceptors (Lipinski definition) is 4. The average molecular weight is 393 g/mol. The molecule has 1 unspecified atom stereocenters. The third-order valence-corrected chi connectivity index (χ3v) is 5.22. The van der Waals surface area contributed by atoms with Gasteiger partial charge in [0.2, 0.25) is 5.91 Å². The van der Waals surface area contributed by atoms with Crippen molar-refractivity contribution in [2.24, 2.45) is 11.0 Å². The molecule has 1 saturated carbocycles. The summed E-state index contributed by atoms with van der Waals surface area (Å²) >= 11 is 0. The molecule has 0 spiro atoms. The molecule has 2 amide bonds. The van der Waals surface area contributed by atoms with E-state index in [0.717, 1.165) is 31.2 Å². The van der Waals surface area contributed by atoms with E-state index in [4.69, 9.17) is 0 Å². The van der Waals surface area contributed by atoms with Gasteiger partial charge in [0.15, 0.2) is 6.10 Å². The Balaban J connectivity index is 1.61. The van der Waals surface area contributed by atoms with Crippen molar-refractivity contribution in [3.8, 4) is 0 Å².